The number of fused-ring (bicyclic) bond motifs is 10. The van der Waals surface area contributed by atoms with Crippen LogP contribution in [-0.2, 0) is 36.5 Å². The van der Waals surface area contributed by atoms with E-state index >= 15 is 8.78 Å². The normalized spacial score (nSPS) is 21.6. The Hall–Kier alpha value is -11.7. The van der Waals surface area contributed by atoms with Crippen LogP contribution in [-0.4, -0.2) is 49.3 Å². The van der Waals surface area contributed by atoms with Crippen LogP contribution in [0.15, 0.2) is 265 Å². The number of nitrogens with zero attached hydrogens (tertiary/aromatic N) is 8. The Morgan fingerprint density at radius 2 is 0.713 bits per heavy atom. The van der Waals surface area contributed by atoms with E-state index in [0.29, 0.717) is 11.1 Å². The molecule has 10 aromatic carbocycles. The molecule has 0 bridgehead atoms. The van der Waals surface area contributed by atoms with E-state index in [1.807, 2.05) is 78.3 Å². The molecule has 0 radical (unpaired) electrons. The highest BCUT2D eigenvalue weighted by molar-refractivity contribution is 7.17. The second kappa shape index (κ2) is 32.0. The fraction of sp³-hybridized carbons (Fsp3) is 0.255. The van der Waals surface area contributed by atoms with Gasteiger partial charge in [-0.15, -0.1) is 22.7 Å². The number of aryl methyl sites for hydroxylation is 2. The standard InChI is InChI=1S/2C26H22F2N2S.2C25H22F2N2O/c2*1-26-13-16-14-29-30(19-9-7-18(27)8-10-19)23(16)12-17(26)6-11-22(26)25(28)21-15-31-24-5-3-2-4-20(21)24;2*1-25(24(30)16-4-6-19(26)7-5-16)12-2-3-17-14-23-18(13-22(17)25)15-28-29(23)21-10-8-20(27)9-11-21/h2*2-5,7-10,12,14-15,22,25H,6,11,13H2,1H3;2*4-11,13-15,24,30H,2-3,12H2,1H3/t22-,25+,26+;22-,25-,26+;24-,25+;24-,25-/m1110/s1. The van der Waals surface area contributed by atoms with Crippen molar-refractivity contribution in [1.82, 2.24) is 39.1 Å². The average molecular weight is 1670 g/mol. The van der Waals surface area contributed by atoms with Gasteiger partial charge in [0.2, 0.25) is 0 Å². The topological polar surface area (TPSA) is 112 Å². The van der Waals surface area contributed by atoms with E-state index in [2.05, 4.69) is 96.6 Å². The fourth-order valence-corrected chi connectivity index (χ4v) is 22.5. The summed E-state index contributed by atoms with van der Waals surface area (Å²) in [7, 11) is 0. The largest absolute Gasteiger partial charge is 0.387 e. The summed E-state index contributed by atoms with van der Waals surface area (Å²) in [6, 6.07) is 62.2. The zero-order chi connectivity index (χ0) is 84.1. The highest BCUT2D eigenvalue weighted by Crippen LogP contribution is 2.61. The minimum absolute atomic E-state index is 0.0564. The van der Waals surface area contributed by atoms with Crippen LogP contribution in [0.25, 0.3) is 76.9 Å². The van der Waals surface area contributed by atoms with Crippen LogP contribution in [0.3, 0.4) is 0 Å². The molecule has 6 heterocycles. The van der Waals surface area contributed by atoms with Crippen molar-refractivity contribution in [3.8, 4) is 22.7 Å². The van der Waals surface area contributed by atoms with E-state index in [-0.39, 0.29) is 57.6 Å². The van der Waals surface area contributed by atoms with Crippen molar-refractivity contribution in [2.75, 3.05) is 0 Å². The third-order valence-corrected chi connectivity index (χ3v) is 29.3. The number of aliphatic hydroxyl groups is 2. The van der Waals surface area contributed by atoms with Gasteiger partial charge in [-0.1, -0.05) is 99.5 Å². The number of allylic oxidation sites excluding steroid dienone is 2. The number of aromatic nitrogens is 8. The third kappa shape index (κ3) is 14.4. The Labute approximate surface area is 709 Å². The molecule has 0 spiro atoms. The van der Waals surface area contributed by atoms with Gasteiger partial charge in [-0.3, -0.25) is 0 Å². The maximum atomic E-state index is 16.0. The van der Waals surface area contributed by atoms with Crippen molar-refractivity contribution in [2.45, 2.75) is 140 Å². The van der Waals surface area contributed by atoms with Crippen LogP contribution < -0.4 is 0 Å². The Morgan fingerprint density at radius 1 is 0.385 bits per heavy atom. The molecule has 2 fully saturated rings. The molecule has 10 atom stereocenters. The lowest BCUT2D eigenvalue weighted by Crippen LogP contribution is -2.34. The number of hydrogen-bond acceptors (Lipinski definition) is 8. The Bertz CT molecular complexity index is 6270. The predicted molar refractivity (Wildman–Crippen MR) is 469 cm³/mol. The molecule has 20 heteroatoms. The van der Waals surface area contributed by atoms with E-state index in [4.69, 9.17) is 0 Å². The molecule has 6 aliphatic rings. The first-order valence-corrected chi connectivity index (χ1v) is 43.5. The predicted octanol–water partition coefficient (Wildman–Crippen LogP) is 25.8. The second-order valence-corrected chi connectivity index (χ2v) is 36.4. The highest BCUT2D eigenvalue weighted by atomic mass is 32.1. The van der Waals surface area contributed by atoms with Gasteiger partial charge in [0.1, 0.15) is 47.2 Å². The van der Waals surface area contributed by atoms with Gasteiger partial charge < -0.3 is 10.2 Å². The number of thiophene rings is 2. The van der Waals surface area contributed by atoms with E-state index in [1.165, 1.54) is 95.1 Å². The van der Waals surface area contributed by atoms with Gasteiger partial charge in [-0.05, 0) is 324 Å². The molecule has 0 aliphatic heterocycles. The Morgan fingerprint density at radius 3 is 1.07 bits per heavy atom. The number of halogens is 8. The van der Waals surface area contributed by atoms with Crippen molar-refractivity contribution < 1.29 is 45.3 Å². The summed E-state index contributed by atoms with van der Waals surface area (Å²) in [6.45, 7) is 8.59. The molecular formula is C102H88F8N8O2S2. The van der Waals surface area contributed by atoms with Crippen LogP contribution in [0, 0.1) is 57.6 Å². The number of aliphatic hydroxyl groups excluding tert-OH is 2. The summed E-state index contributed by atoms with van der Waals surface area (Å²) in [5.74, 6) is -1.81. The first kappa shape index (κ1) is 80.1. The van der Waals surface area contributed by atoms with E-state index in [0.717, 1.165) is 187 Å². The summed E-state index contributed by atoms with van der Waals surface area (Å²) >= 11 is 3.25. The summed E-state index contributed by atoms with van der Waals surface area (Å²) in [4.78, 5) is 0. The SMILES string of the molecule is C[C@]1([C@@H](O)c2ccc(F)cc2)CCCc2cc3c(cnn3-c3ccc(F)cc3)cc21.C[C@]1([C@H](O)c2ccc(F)cc2)CCCc2cc3c(cnn3-c3ccc(F)cc3)cc21.C[C@]12Cc3cnn(-c4ccc(F)cc4)c3C=C1CC[C@@H]2[C@@H](F)c1csc2ccccc12.C[C@]12Cc3cnn(-c4ccc(F)cc4)c3C=C1CC[C@@H]2[C@H](F)c1csc2ccccc12. The Kier molecular flexibility index (Phi) is 21.0. The molecule has 6 aliphatic carbocycles. The zero-order valence-electron chi connectivity index (χ0n) is 67.7. The zero-order valence-corrected chi connectivity index (χ0v) is 69.3. The van der Waals surface area contributed by atoms with Crippen molar-refractivity contribution >= 4 is 76.8 Å². The van der Waals surface area contributed by atoms with Gasteiger partial charge in [0, 0.05) is 54.0 Å². The molecule has 122 heavy (non-hydrogen) atoms. The van der Waals surface area contributed by atoms with Gasteiger partial charge in [-0.25, -0.2) is 53.9 Å². The number of benzene rings is 10. The average Bonchev–Trinajstić information content (AvgIpc) is 1.43. The first-order chi connectivity index (χ1) is 59.0. The molecule has 0 amide bonds. The van der Waals surface area contributed by atoms with Gasteiger partial charge in [0.15, 0.2) is 0 Å². The molecular weight excluding hydrogens is 1590 g/mol. The lowest BCUT2D eigenvalue weighted by molar-refractivity contribution is 0.0782. The summed E-state index contributed by atoms with van der Waals surface area (Å²) in [5, 5.41) is 48.7. The summed E-state index contributed by atoms with van der Waals surface area (Å²) < 4.78 is 122. The minimum Gasteiger partial charge on any atom is -0.387 e. The minimum atomic E-state index is -0.985. The monoisotopic (exact) mass is 1670 g/mol. The molecule has 22 rings (SSSR count). The lowest BCUT2D eigenvalue weighted by Gasteiger charge is -2.40. The van der Waals surface area contributed by atoms with E-state index < -0.39 is 35.4 Å². The van der Waals surface area contributed by atoms with Crippen molar-refractivity contribution in [3.05, 3.63) is 367 Å². The number of alkyl halides is 2. The van der Waals surface area contributed by atoms with Crippen molar-refractivity contribution in [1.29, 1.82) is 0 Å². The number of rotatable bonds is 12. The highest BCUT2D eigenvalue weighted by Gasteiger charge is 2.52. The van der Waals surface area contributed by atoms with Crippen molar-refractivity contribution in [2.24, 2.45) is 22.7 Å². The van der Waals surface area contributed by atoms with Crippen LogP contribution in [0.4, 0.5) is 35.1 Å². The summed E-state index contributed by atoms with van der Waals surface area (Å²) in [5.41, 5.74) is 18.4. The second-order valence-electron chi connectivity index (χ2n) is 34.5. The molecule has 10 nitrogen and oxygen atoms in total. The summed E-state index contributed by atoms with van der Waals surface area (Å²) in [6.07, 6.45) is 18.9. The molecule has 16 aromatic rings. The van der Waals surface area contributed by atoms with Crippen LogP contribution >= 0.6 is 22.7 Å². The van der Waals surface area contributed by atoms with Gasteiger partial charge in [0.05, 0.1) is 82.2 Å². The van der Waals surface area contributed by atoms with Crippen molar-refractivity contribution in [3.63, 3.8) is 0 Å². The lowest BCUT2D eigenvalue weighted by atomic mass is 9.66. The molecule has 0 unspecified atom stereocenters. The third-order valence-electron chi connectivity index (χ3n) is 27.3. The molecule has 616 valence electrons. The molecule has 2 saturated carbocycles. The van der Waals surface area contributed by atoms with E-state index in [9.17, 15) is 36.6 Å². The van der Waals surface area contributed by atoms with E-state index in [1.54, 1.807) is 108 Å². The smallest absolute Gasteiger partial charge is 0.130 e. The maximum absolute atomic E-state index is 16.0. The number of hydrogen-bond donors (Lipinski definition) is 2. The fourth-order valence-electron chi connectivity index (χ4n) is 20.6. The molecule has 2 N–H and O–H groups in total. The quantitative estimate of drug-likeness (QED) is 0.118. The van der Waals surface area contributed by atoms with Gasteiger partial charge in [0.25, 0.3) is 0 Å². The molecule has 6 aromatic heterocycles. The van der Waals surface area contributed by atoms with Gasteiger partial charge in [-0.2, -0.15) is 20.4 Å². The van der Waals surface area contributed by atoms with Crippen LogP contribution in [0.1, 0.15) is 171 Å². The molecule has 0 saturated heterocycles. The Balaban J connectivity index is 0.000000107. The first-order valence-electron chi connectivity index (χ1n) is 41.7. The van der Waals surface area contributed by atoms with Crippen LogP contribution in [0.2, 0.25) is 0 Å². The maximum Gasteiger partial charge on any atom is 0.130 e. The van der Waals surface area contributed by atoms with Gasteiger partial charge >= 0.3 is 0 Å². The van der Waals surface area contributed by atoms with Crippen LogP contribution in [0.5, 0.6) is 0 Å².